The van der Waals surface area contributed by atoms with E-state index in [4.69, 9.17) is 9.47 Å². The number of rotatable bonds is 7. The van der Waals surface area contributed by atoms with Crippen LogP contribution in [0.2, 0.25) is 0 Å². The first-order valence-corrected chi connectivity index (χ1v) is 10.8. The number of halogens is 2. The number of hydrogen-bond donors (Lipinski definition) is 1. The van der Waals surface area contributed by atoms with Gasteiger partial charge in [0.05, 0.1) is 25.8 Å². The first-order valence-electron chi connectivity index (χ1n) is 10.8. The smallest absolute Gasteiger partial charge is 0.295 e. The topological polar surface area (TPSA) is 76.1 Å². The third kappa shape index (κ3) is 4.73. The van der Waals surface area contributed by atoms with Crippen molar-refractivity contribution in [3.63, 3.8) is 0 Å². The number of ether oxygens (including phenoxy) is 2. The summed E-state index contributed by atoms with van der Waals surface area (Å²) in [5, 5.41) is 11.0. The van der Waals surface area contributed by atoms with Gasteiger partial charge in [-0.05, 0) is 66.1 Å². The minimum Gasteiger partial charge on any atom is -0.507 e. The lowest BCUT2D eigenvalue weighted by molar-refractivity contribution is -0.139. The number of likely N-dealkylation sites (tertiary alicyclic amines) is 1. The van der Waals surface area contributed by atoms with Crippen LogP contribution in [0.5, 0.6) is 11.5 Å². The second-order valence-corrected chi connectivity index (χ2v) is 7.99. The van der Waals surface area contributed by atoms with Crippen LogP contribution in [0, 0.1) is 11.6 Å². The predicted octanol–water partition coefficient (Wildman–Crippen LogP) is 4.65. The summed E-state index contributed by atoms with van der Waals surface area (Å²) in [6.45, 7) is 0.141. The molecule has 3 aromatic rings. The minimum atomic E-state index is -0.944. The number of carbonyl (C=O) groups excluding carboxylic acids is 2. The molecule has 0 spiro atoms. The summed E-state index contributed by atoms with van der Waals surface area (Å²) in [7, 11) is 3.05. The monoisotopic (exact) mass is 479 g/mol. The molecular formula is C27H23F2NO5. The molecule has 1 aliphatic rings. The van der Waals surface area contributed by atoms with Crippen molar-refractivity contribution in [2.75, 3.05) is 20.8 Å². The Labute approximate surface area is 201 Å². The fourth-order valence-corrected chi connectivity index (χ4v) is 4.15. The zero-order chi connectivity index (χ0) is 25.1. The number of Topliss-reactive ketones (excluding diaryl/α,β-unsaturated/α-hetero) is 1. The molecule has 3 aromatic carbocycles. The second-order valence-electron chi connectivity index (χ2n) is 7.99. The molecule has 1 heterocycles. The van der Waals surface area contributed by atoms with Crippen LogP contribution in [-0.4, -0.2) is 42.5 Å². The zero-order valence-corrected chi connectivity index (χ0v) is 19.1. The Bertz CT molecular complexity index is 1290. The molecule has 1 fully saturated rings. The third-order valence-electron chi connectivity index (χ3n) is 5.93. The van der Waals surface area contributed by atoms with E-state index >= 15 is 0 Å². The van der Waals surface area contributed by atoms with Crippen LogP contribution < -0.4 is 9.47 Å². The van der Waals surface area contributed by atoms with Crippen molar-refractivity contribution in [2.45, 2.75) is 12.5 Å². The Morgan fingerprint density at radius 3 is 2.09 bits per heavy atom. The lowest BCUT2D eigenvalue weighted by atomic mass is 9.95. The molecule has 1 saturated heterocycles. The lowest BCUT2D eigenvalue weighted by Gasteiger charge is -2.25. The van der Waals surface area contributed by atoms with Gasteiger partial charge in [-0.15, -0.1) is 0 Å². The van der Waals surface area contributed by atoms with E-state index in [2.05, 4.69) is 0 Å². The summed E-state index contributed by atoms with van der Waals surface area (Å²) in [5.41, 5.74) is 1.35. The van der Waals surface area contributed by atoms with Gasteiger partial charge >= 0.3 is 0 Å². The van der Waals surface area contributed by atoms with Gasteiger partial charge in [-0.25, -0.2) is 8.78 Å². The normalized spacial score (nSPS) is 17.0. The summed E-state index contributed by atoms with van der Waals surface area (Å²) in [6, 6.07) is 14.7. The molecule has 0 radical (unpaired) electrons. The van der Waals surface area contributed by atoms with Gasteiger partial charge in [0.2, 0.25) is 0 Å². The third-order valence-corrected chi connectivity index (χ3v) is 5.93. The quantitative estimate of drug-likeness (QED) is 0.303. The molecule has 1 aliphatic heterocycles. The number of aliphatic hydroxyl groups excluding tert-OH is 1. The largest absolute Gasteiger partial charge is 0.507 e. The molecule has 0 aliphatic carbocycles. The maximum Gasteiger partial charge on any atom is 0.295 e. The maximum atomic E-state index is 13.6. The molecule has 1 unspecified atom stereocenters. The molecule has 1 atom stereocenters. The standard InChI is InChI=1S/C27H23F2NO5/c1-34-21-12-3-16(15-22(21)35-2)13-14-30-24(17-4-8-19(28)9-5-17)23(26(32)27(30)33)25(31)18-6-10-20(29)11-7-18/h3-12,15,24,31H,13-14H2,1-2H3. The van der Waals surface area contributed by atoms with Crippen molar-refractivity contribution in [1.82, 2.24) is 4.90 Å². The number of methoxy groups -OCH3 is 2. The van der Waals surface area contributed by atoms with Crippen molar-refractivity contribution in [3.05, 3.63) is 101 Å². The minimum absolute atomic E-state index is 0.138. The fraction of sp³-hybridized carbons (Fsp3) is 0.185. The van der Waals surface area contributed by atoms with Crippen LogP contribution in [0.1, 0.15) is 22.7 Å². The van der Waals surface area contributed by atoms with E-state index in [0.717, 1.165) is 17.7 Å². The van der Waals surface area contributed by atoms with Gasteiger partial charge in [-0.1, -0.05) is 18.2 Å². The molecule has 8 heteroatoms. The Balaban J connectivity index is 1.73. The summed E-state index contributed by atoms with van der Waals surface area (Å²) in [4.78, 5) is 27.5. The molecule has 35 heavy (non-hydrogen) atoms. The van der Waals surface area contributed by atoms with E-state index in [-0.39, 0.29) is 17.7 Å². The van der Waals surface area contributed by atoms with Gasteiger partial charge < -0.3 is 19.5 Å². The Morgan fingerprint density at radius 2 is 1.49 bits per heavy atom. The van der Waals surface area contributed by atoms with Crippen LogP contribution in [0.4, 0.5) is 8.78 Å². The number of aliphatic hydroxyl groups is 1. The van der Waals surface area contributed by atoms with Crippen molar-refractivity contribution >= 4 is 17.4 Å². The number of nitrogens with zero attached hydrogens (tertiary/aromatic N) is 1. The molecule has 6 nitrogen and oxygen atoms in total. The van der Waals surface area contributed by atoms with Crippen LogP contribution >= 0.6 is 0 Å². The van der Waals surface area contributed by atoms with Gasteiger partial charge in [0, 0.05) is 12.1 Å². The molecule has 0 saturated carbocycles. The molecule has 180 valence electrons. The molecule has 0 bridgehead atoms. The molecule has 4 rings (SSSR count). The molecular weight excluding hydrogens is 456 g/mol. The van der Waals surface area contributed by atoms with Crippen LogP contribution in [-0.2, 0) is 16.0 Å². The van der Waals surface area contributed by atoms with Crippen LogP contribution in [0.15, 0.2) is 72.3 Å². The molecule has 0 aromatic heterocycles. The van der Waals surface area contributed by atoms with E-state index in [1.807, 2.05) is 6.07 Å². The van der Waals surface area contributed by atoms with Crippen molar-refractivity contribution in [1.29, 1.82) is 0 Å². The van der Waals surface area contributed by atoms with Gasteiger partial charge in [-0.2, -0.15) is 0 Å². The molecule has 1 N–H and O–H groups in total. The summed E-state index contributed by atoms with van der Waals surface area (Å²) in [5.74, 6) is -1.98. The van der Waals surface area contributed by atoms with Crippen molar-refractivity contribution in [3.8, 4) is 11.5 Å². The van der Waals surface area contributed by atoms with Gasteiger partial charge in [0.25, 0.3) is 11.7 Å². The van der Waals surface area contributed by atoms with Crippen molar-refractivity contribution < 1.29 is 33.0 Å². The van der Waals surface area contributed by atoms with E-state index in [9.17, 15) is 23.5 Å². The van der Waals surface area contributed by atoms with Crippen molar-refractivity contribution in [2.24, 2.45) is 0 Å². The highest BCUT2D eigenvalue weighted by Gasteiger charge is 2.45. The summed E-state index contributed by atoms with van der Waals surface area (Å²) >= 11 is 0. The highest BCUT2D eigenvalue weighted by atomic mass is 19.1. The summed E-state index contributed by atoms with van der Waals surface area (Å²) in [6.07, 6.45) is 0.377. The first-order chi connectivity index (χ1) is 16.8. The van der Waals surface area contributed by atoms with E-state index in [1.165, 1.54) is 55.5 Å². The highest BCUT2D eigenvalue weighted by molar-refractivity contribution is 6.46. The van der Waals surface area contributed by atoms with Gasteiger partial charge in [0.15, 0.2) is 11.5 Å². The van der Waals surface area contributed by atoms with Crippen LogP contribution in [0.25, 0.3) is 5.76 Å². The second kappa shape index (κ2) is 9.97. The van der Waals surface area contributed by atoms with Crippen LogP contribution in [0.3, 0.4) is 0 Å². The number of benzene rings is 3. The Hall–Kier alpha value is -4.20. The van der Waals surface area contributed by atoms with E-state index in [1.54, 1.807) is 12.1 Å². The van der Waals surface area contributed by atoms with Gasteiger partial charge in [0.1, 0.15) is 17.4 Å². The number of ketones is 1. The Kier molecular flexibility index (Phi) is 6.82. The fourth-order valence-electron chi connectivity index (χ4n) is 4.15. The van der Waals surface area contributed by atoms with E-state index < -0.39 is 35.1 Å². The zero-order valence-electron chi connectivity index (χ0n) is 19.1. The first kappa shape index (κ1) is 23.9. The lowest BCUT2D eigenvalue weighted by Crippen LogP contribution is -2.31. The number of carbonyl (C=O) groups is 2. The van der Waals surface area contributed by atoms with Gasteiger partial charge in [-0.3, -0.25) is 9.59 Å². The SMILES string of the molecule is COc1ccc(CCN2C(=O)C(=O)C(=C(O)c3ccc(F)cc3)C2c2ccc(F)cc2)cc1OC. The average molecular weight is 479 g/mol. The maximum absolute atomic E-state index is 13.6. The highest BCUT2D eigenvalue weighted by Crippen LogP contribution is 2.39. The predicted molar refractivity (Wildman–Crippen MR) is 125 cm³/mol. The summed E-state index contributed by atoms with van der Waals surface area (Å²) < 4.78 is 37.6. The Morgan fingerprint density at radius 1 is 0.886 bits per heavy atom. The van der Waals surface area contributed by atoms with E-state index in [0.29, 0.717) is 23.5 Å². The average Bonchev–Trinajstić information content (AvgIpc) is 3.12. The number of hydrogen-bond acceptors (Lipinski definition) is 5. The number of amides is 1. The molecule has 1 amide bonds.